The smallest absolute Gasteiger partial charge is 0.331 e. The fourth-order valence-electron chi connectivity index (χ4n) is 1.14. The number of Topliss-reactive ketones (excluding diaryl/α,β-unsaturated/α-hetero) is 1. The molecule has 1 atom stereocenters. The molecule has 82 valence electrons. The second kappa shape index (κ2) is 5.42. The summed E-state index contributed by atoms with van der Waals surface area (Å²) in [7, 11) is 1.14. The van der Waals surface area contributed by atoms with Crippen LogP contribution in [0.3, 0.4) is 0 Å². The van der Waals surface area contributed by atoms with Crippen LogP contribution in [-0.2, 0) is 9.53 Å². The summed E-state index contributed by atoms with van der Waals surface area (Å²) >= 11 is 3.20. The lowest BCUT2D eigenvalue weighted by Crippen LogP contribution is -2.23. The van der Waals surface area contributed by atoms with E-state index in [1.165, 1.54) is 0 Å². The topological polar surface area (TPSA) is 67.2 Å². The van der Waals surface area contributed by atoms with Crippen LogP contribution in [0.15, 0.2) is 28.7 Å². The fourth-order valence-corrected chi connectivity index (χ4v) is 1.54. The summed E-state index contributed by atoms with van der Waals surface area (Å²) in [5.74, 6) is -2.80. The Morgan fingerprint density at radius 3 is 2.69 bits per heavy atom. The summed E-state index contributed by atoms with van der Waals surface area (Å²) in [4.78, 5) is 22.9. The lowest BCUT2D eigenvalue weighted by Gasteiger charge is -2.05. The van der Waals surface area contributed by atoms with Gasteiger partial charge in [-0.1, -0.05) is 28.1 Å². The second-order valence-electron chi connectivity index (χ2n) is 2.96. The molecule has 0 aliphatic heterocycles. The van der Waals surface area contributed by atoms with E-state index in [0.29, 0.717) is 10.0 Å². The van der Waals surface area contributed by atoms with Crippen molar-refractivity contribution in [1.82, 2.24) is 0 Å². The van der Waals surface area contributed by atoms with Crippen molar-refractivity contribution in [1.29, 1.82) is 5.26 Å². The van der Waals surface area contributed by atoms with Gasteiger partial charge in [-0.05, 0) is 12.1 Å². The number of esters is 1. The number of methoxy groups -OCH3 is 1. The molecule has 5 heteroatoms. The van der Waals surface area contributed by atoms with Gasteiger partial charge in [0.05, 0.1) is 13.2 Å². The van der Waals surface area contributed by atoms with Crippen molar-refractivity contribution < 1.29 is 14.3 Å². The molecule has 1 aromatic carbocycles. The number of hydrogen-bond acceptors (Lipinski definition) is 4. The van der Waals surface area contributed by atoms with Crippen molar-refractivity contribution in [3.05, 3.63) is 34.3 Å². The predicted octanol–water partition coefficient (Wildman–Crippen LogP) is 1.94. The lowest BCUT2D eigenvalue weighted by atomic mass is 9.99. The number of benzene rings is 1. The SMILES string of the molecule is COC(=O)C(C#N)C(=O)c1cccc(Br)c1. The Bertz CT molecular complexity index is 465. The Morgan fingerprint density at radius 2 is 2.19 bits per heavy atom. The third-order valence-electron chi connectivity index (χ3n) is 1.94. The summed E-state index contributed by atoms with van der Waals surface area (Å²) in [6.07, 6.45) is 0. The minimum Gasteiger partial charge on any atom is -0.468 e. The van der Waals surface area contributed by atoms with Gasteiger partial charge in [0.1, 0.15) is 0 Å². The van der Waals surface area contributed by atoms with Crippen LogP contribution < -0.4 is 0 Å². The molecule has 0 bridgehead atoms. The highest BCUT2D eigenvalue weighted by molar-refractivity contribution is 9.10. The highest BCUT2D eigenvalue weighted by atomic mass is 79.9. The Balaban J connectivity index is 3.02. The van der Waals surface area contributed by atoms with Crippen molar-refractivity contribution in [2.45, 2.75) is 0 Å². The monoisotopic (exact) mass is 281 g/mol. The number of hydrogen-bond donors (Lipinski definition) is 0. The van der Waals surface area contributed by atoms with E-state index in [4.69, 9.17) is 5.26 Å². The van der Waals surface area contributed by atoms with E-state index >= 15 is 0 Å². The zero-order valence-corrected chi connectivity index (χ0v) is 10.0. The van der Waals surface area contributed by atoms with Crippen molar-refractivity contribution in [3.63, 3.8) is 0 Å². The maximum atomic E-state index is 11.8. The molecule has 16 heavy (non-hydrogen) atoms. The quantitative estimate of drug-likeness (QED) is 0.482. The van der Waals surface area contributed by atoms with Gasteiger partial charge in [0.15, 0.2) is 5.78 Å². The maximum absolute atomic E-state index is 11.8. The first kappa shape index (κ1) is 12.4. The lowest BCUT2D eigenvalue weighted by molar-refractivity contribution is -0.141. The molecule has 0 heterocycles. The van der Waals surface area contributed by atoms with E-state index < -0.39 is 17.7 Å². The number of halogens is 1. The fraction of sp³-hybridized carbons (Fsp3) is 0.182. The third kappa shape index (κ3) is 2.67. The van der Waals surface area contributed by atoms with Crippen molar-refractivity contribution >= 4 is 27.7 Å². The molecular formula is C11H8BrNO3. The molecule has 0 N–H and O–H groups in total. The van der Waals surface area contributed by atoms with Crippen LogP contribution in [0.2, 0.25) is 0 Å². The molecule has 0 saturated carbocycles. The molecule has 0 spiro atoms. The van der Waals surface area contributed by atoms with Gasteiger partial charge in [-0.25, -0.2) is 0 Å². The van der Waals surface area contributed by atoms with E-state index in [0.717, 1.165) is 7.11 Å². The van der Waals surface area contributed by atoms with Gasteiger partial charge in [0.2, 0.25) is 5.92 Å². The number of carbonyl (C=O) groups is 2. The minimum atomic E-state index is -1.40. The summed E-state index contributed by atoms with van der Waals surface area (Å²) < 4.78 is 5.09. The van der Waals surface area contributed by atoms with Gasteiger partial charge in [-0.3, -0.25) is 9.59 Å². The molecule has 0 fully saturated rings. The molecule has 1 aromatic rings. The summed E-state index contributed by atoms with van der Waals surface area (Å²) in [5.41, 5.74) is 0.298. The molecule has 0 saturated heterocycles. The molecule has 0 amide bonds. The number of ether oxygens (including phenoxy) is 1. The summed E-state index contributed by atoms with van der Waals surface area (Å²) in [6.45, 7) is 0. The Labute approximate surface area is 101 Å². The van der Waals surface area contributed by atoms with Gasteiger partial charge in [-0.15, -0.1) is 0 Å². The molecule has 0 aliphatic carbocycles. The first-order valence-corrected chi connectivity index (χ1v) is 5.16. The van der Waals surface area contributed by atoms with Crippen LogP contribution >= 0.6 is 15.9 Å². The first-order valence-electron chi connectivity index (χ1n) is 4.37. The number of nitriles is 1. The predicted molar refractivity (Wildman–Crippen MR) is 59.6 cm³/mol. The average molecular weight is 282 g/mol. The van der Waals surface area contributed by atoms with Crippen molar-refractivity contribution in [2.24, 2.45) is 5.92 Å². The highest BCUT2D eigenvalue weighted by Crippen LogP contribution is 2.15. The van der Waals surface area contributed by atoms with Gasteiger partial charge >= 0.3 is 5.97 Å². The molecule has 0 aromatic heterocycles. The molecule has 0 radical (unpaired) electrons. The van der Waals surface area contributed by atoms with Gasteiger partial charge in [0, 0.05) is 10.0 Å². The van der Waals surface area contributed by atoms with Gasteiger partial charge < -0.3 is 4.74 Å². The van der Waals surface area contributed by atoms with Crippen LogP contribution in [-0.4, -0.2) is 18.9 Å². The molecule has 0 aliphatic rings. The van der Waals surface area contributed by atoms with E-state index in [9.17, 15) is 9.59 Å². The Morgan fingerprint density at radius 1 is 1.50 bits per heavy atom. The zero-order valence-electron chi connectivity index (χ0n) is 8.44. The van der Waals surface area contributed by atoms with Gasteiger partial charge in [0.25, 0.3) is 0 Å². The van der Waals surface area contributed by atoms with Crippen LogP contribution in [0, 0.1) is 17.2 Å². The second-order valence-corrected chi connectivity index (χ2v) is 3.88. The highest BCUT2D eigenvalue weighted by Gasteiger charge is 2.28. The molecule has 1 rings (SSSR count). The summed E-state index contributed by atoms with van der Waals surface area (Å²) in [6, 6.07) is 8.13. The number of ketones is 1. The maximum Gasteiger partial charge on any atom is 0.331 e. The Hall–Kier alpha value is -1.67. The van der Waals surface area contributed by atoms with Crippen LogP contribution in [0.1, 0.15) is 10.4 Å². The van der Waals surface area contributed by atoms with Crippen LogP contribution in [0.25, 0.3) is 0 Å². The molecule has 4 nitrogen and oxygen atoms in total. The van der Waals surface area contributed by atoms with Crippen molar-refractivity contribution in [2.75, 3.05) is 7.11 Å². The van der Waals surface area contributed by atoms with Crippen molar-refractivity contribution in [3.8, 4) is 6.07 Å². The largest absolute Gasteiger partial charge is 0.468 e. The zero-order chi connectivity index (χ0) is 12.1. The third-order valence-corrected chi connectivity index (χ3v) is 2.43. The normalized spacial score (nSPS) is 11.3. The van der Waals surface area contributed by atoms with E-state index in [1.54, 1.807) is 30.3 Å². The number of carbonyl (C=O) groups excluding carboxylic acids is 2. The van der Waals surface area contributed by atoms with Crippen LogP contribution in [0.4, 0.5) is 0 Å². The summed E-state index contributed by atoms with van der Waals surface area (Å²) in [5, 5.41) is 8.75. The van der Waals surface area contributed by atoms with E-state index in [1.807, 2.05) is 0 Å². The van der Waals surface area contributed by atoms with Crippen LogP contribution in [0.5, 0.6) is 0 Å². The Kier molecular flexibility index (Phi) is 4.20. The first-order chi connectivity index (χ1) is 7.60. The van der Waals surface area contributed by atoms with E-state index in [-0.39, 0.29) is 0 Å². The standard InChI is InChI=1S/C11H8BrNO3/c1-16-11(15)9(6-13)10(14)7-3-2-4-8(12)5-7/h2-5,9H,1H3. The number of nitrogens with zero attached hydrogens (tertiary/aromatic N) is 1. The molecular weight excluding hydrogens is 274 g/mol. The average Bonchev–Trinajstić information content (AvgIpc) is 2.29. The minimum absolute atomic E-state index is 0.298. The van der Waals surface area contributed by atoms with Gasteiger partial charge in [-0.2, -0.15) is 5.26 Å². The molecule has 1 unspecified atom stereocenters. The van der Waals surface area contributed by atoms with E-state index in [2.05, 4.69) is 20.7 Å². The number of rotatable bonds is 3.